The Bertz CT molecular complexity index is 1230. The highest BCUT2D eigenvalue weighted by Crippen LogP contribution is 2.44. The minimum absolute atomic E-state index is 0.0792. The van der Waals surface area contributed by atoms with Gasteiger partial charge in [0.25, 0.3) is 5.91 Å². The maximum Gasteiger partial charge on any atom is 0.411 e. The van der Waals surface area contributed by atoms with E-state index in [0.717, 1.165) is 34.4 Å². The van der Waals surface area contributed by atoms with Crippen LogP contribution in [-0.2, 0) is 9.53 Å². The second-order valence-electron chi connectivity index (χ2n) is 8.02. The number of carbonyl (C=O) groups excluding carboxylic acids is 2. The number of carboxylic acid groups (broad SMARTS) is 1. The van der Waals surface area contributed by atoms with Crippen LogP contribution < -0.4 is 10.6 Å². The summed E-state index contributed by atoms with van der Waals surface area (Å²) in [5.41, 5.74) is 3.93. The van der Waals surface area contributed by atoms with Crippen molar-refractivity contribution >= 4 is 23.7 Å². The Morgan fingerprint density at radius 3 is 2.20 bits per heavy atom. The molecule has 1 atom stereocenters. The fraction of sp³-hybridized carbons (Fsp3) is 0.192. The molecular weight excluding hydrogens is 455 g/mol. The van der Waals surface area contributed by atoms with Gasteiger partial charge in [-0.05, 0) is 40.5 Å². The van der Waals surface area contributed by atoms with Gasteiger partial charge in [-0.3, -0.25) is 10.1 Å². The third-order valence-electron chi connectivity index (χ3n) is 5.82. The summed E-state index contributed by atoms with van der Waals surface area (Å²) in [6.45, 7) is -0.390. The summed E-state index contributed by atoms with van der Waals surface area (Å²) in [5, 5.41) is 22.7. The van der Waals surface area contributed by atoms with E-state index in [4.69, 9.17) is 14.9 Å². The third kappa shape index (κ3) is 5.15. The summed E-state index contributed by atoms with van der Waals surface area (Å²) in [4.78, 5) is 36.1. The highest BCUT2D eigenvalue weighted by Gasteiger charge is 2.29. The summed E-state index contributed by atoms with van der Waals surface area (Å²) in [6.07, 6.45) is -1.02. The van der Waals surface area contributed by atoms with Crippen LogP contribution in [0, 0.1) is 5.82 Å². The molecule has 0 fully saturated rings. The van der Waals surface area contributed by atoms with Crippen molar-refractivity contribution in [1.29, 1.82) is 0 Å². The molecule has 2 amide bonds. The highest BCUT2D eigenvalue weighted by molar-refractivity contribution is 5.98. The van der Waals surface area contributed by atoms with E-state index in [0.29, 0.717) is 0 Å². The van der Waals surface area contributed by atoms with Crippen LogP contribution >= 0.6 is 0 Å². The molecule has 3 aromatic rings. The second-order valence-corrected chi connectivity index (χ2v) is 8.02. The van der Waals surface area contributed by atoms with E-state index in [1.807, 2.05) is 48.5 Å². The van der Waals surface area contributed by atoms with Crippen LogP contribution in [0.15, 0.2) is 66.7 Å². The first kappa shape index (κ1) is 23.9. The molecule has 0 aliphatic heterocycles. The molecular formula is C26H23FN2O6. The van der Waals surface area contributed by atoms with Crippen molar-refractivity contribution in [2.45, 2.75) is 18.4 Å². The Kier molecular flexibility index (Phi) is 7.07. The number of ether oxygens (including phenoxy) is 1. The Hall–Kier alpha value is -4.24. The van der Waals surface area contributed by atoms with Gasteiger partial charge in [-0.25, -0.2) is 14.0 Å². The predicted molar refractivity (Wildman–Crippen MR) is 126 cm³/mol. The van der Waals surface area contributed by atoms with Crippen LogP contribution in [0.3, 0.4) is 0 Å². The van der Waals surface area contributed by atoms with Crippen molar-refractivity contribution in [2.75, 3.05) is 18.5 Å². The first-order valence-electron chi connectivity index (χ1n) is 10.9. The zero-order valence-electron chi connectivity index (χ0n) is 18.5. The zero-order chi connectivity index (χ0) is 24.9. The molecule has 0 heterocycles. The first-order chi connectivity index (χ1) is 16.9. The van der Waals surface area contributed by atoms with E-state index in [2.05, 4.69) is 10.6 Å². The molecule has 8 nitrogen and oxygen atoms in total. The number of benzene rings is 3. The van der Waals surface area contributed by atoms with E-state index in [9.17, 15) is 18.8 Å². The number of rotatable bonds is 8. The van der Waals surface area contributed by atoms with Crippen LogP contribution in [0.4, 0.5) is 14.9 Å². The summed E-state index contributed by atoms with van der Waals surface area (Å²) in [7, 11) is 0. The lowest BCUT2D eigenvalue weighted by Gasteiger charge is -2.16. The van der Waals surface area contributed by atoms with Crippen LogP contribution in [0.2, 0.25) is 0 Å². The van der Waals surface area contributed by atoms with Gasteiger partial charge in [-0.2, -0.15) is 0 Å². The van der Waals surface area contributed by atoms with Crippen LogP contribution in [0.1, 0.15) is 33.8 Å². The summed E-state index contributed by atoms with van der Waals surface area (Å²) < 4.78 is 19.7. The second kappa shape index (κ2) is 10.4. The van der Waals surface area contributed by atoms with Crippen molar-refractivity contribution < 1.29 is 33.7 Å². The van der Waals surface area contributed by atoms with Gasteiger partial charge in [-0.15, -0.1) is 0 Å². The molecule has 180 valence electrons. The van der Waals surface area contributed by atoms with Crippen molar-refractivity contribution in [3.8, 4) is 11.1 Å². The third-order valence-corrected chi connectivity index (χ3v) is 5.82. The number of carboxylic acids is 1. The Labute approximate surface area is 200 Å². The van der Waals surface area contributed by atoms with Gasteiger partial charge in [0, 0.05) is 24.6 Å². The molecule has 3 aromatic carbocycles. The summed E-state index contributed by atoms with van der Waals surface area (Å²) >= 11 is 0. The van der Waals surface area contributed by atoms with Crippen molar-refractivity contribution in [2.24, 2.45) is 0 Å². The van der Waals surface area contributed by atoms with E-state index in [-0.39, 0.29) is 24.6 Å². The molecule has 1 aliphatic rings. The highest BCUT2D eigenvalue weighted by atomic mass is 19.1. The van der Waals surface area contributed by atoms with Gasteiger partial charge in [-0.1, -0.05) is 48.5 Å². The van der Waals surface area contributed by atoms with E-state index in [1.54, 1.807) is 0 Å². The number of carbonyl (C=O) groups is 3. The van der Waals surface area contributed by atoms with Crippen molar-refractivity contribution in [3.63, 3.8) is 0 Å². The quantitative estimate of drug-likeness (QED) is 0.391. The van der Waals surface area contributed by atoms with Crippen LogP contribution in [0.5, 0.6) is 0 Å². The average Bonchev–Trinajstić information content (AvgIpc) is 3.17. The molecule has 4 N–H and O–H groups in total. The number of hydrogen-bond donors (Lipinski definition) is 4. The number of aliphatic carboxylic acids is 1. The van der Waals surface area contributed by atoms with Gasteiger partial charge >= 0.3 is 12.1 Å². The normalized spacial score (nSPS) is 12.9. The molecule has 0 saturated heterocycles. The summed E-state index contributed by atoms with van der Waals surface area (Å²) in [5.74, 6) is -3.38. The molecule has 0 aromatic heterocycles. The molecule has 0 unspecified atom stereocenters. The predicted octanol–water partition coefficient (Wildman–Crippen LogP) is 3.75. The number of aliphatic hydroxyl groups excluding tert-OH is 1. The lowest BCUT2D eigenvalue weighted by molar-refractivity contribution is -0.139. The van der Waals surface area contributed by atoms with Crippen LogP contribution in [-0.4, -0.2) is 47.4 Å². The Morgan fingerprint density at radius 1 is 0.971 bits per heavy atom. The van der Waals surface area contributed by atoms with Crippen molar-refractivity contribution in [3.05, 3.63) is 89.2 Å². The van der Waals surface area contributed by atoms with E-state index in [1.165, 1.54) is 6.07 Å². The topological polar surface area (TPSA) is 125 Å². The lowest BCUT2D eigenvalue weighted by atomic mass is 9.98. The van der Waals surface area contributed by atoms with Crippen LogP contribution in [0.25, 0.3) is 11.1 Å². The molecule has 1 aliphatic carbocycles. The monoisotopic (exact) mass is 478 g/mol. The van der Waals surface area contributed by atoms with Gasteiger partial charge in [0.1, 0.15) is 18.5 Å². The Balaban J connectivity index is 1.43. The number of aliphatic hydroxyl groups is 1. The van der Waals surface area contributed by atoms with E-state index < -0.39 is 42.0 Å². The number of anilines is 1. The number of nitrogens with one attached hydrogen (secondary N) is 2. The molecule has 0 radical (unpaired) electrons. The fourth-order valence-corrected chi connectivity index (χ4v) is 4.15. The first-order valence-corrected chi connectivity index (χ1v) is 10.9. The van der Waals surface area contributed by atoms with Gasteiger partial charge in [0.15, 0.2) is 0 Å². The van der Waals surface area contributed by atoms with Gasteiger partial charge < -0.3 is 20.3 Å². The smallest absolute Gasteiger partial charge is 0.411 e. The number of amides is 2. The standard InChI is InChI=1S/C26H23FN2O6/c27-22-10-9-15(13-20(22)24(31)29-23(11-12-30)25(32)33)28-26(34)35-14-21-18-7-3-1-5-16(18)17-6-2-4-8-19(17)21/h1-10,13,21,23,30H,11-12,14H2,(H,28,34)(H,29,31)(H,32,33)/t23-/m1/s1. The maximum atomic E-state index is 14.2. The fourth-order valence-electron chi connectivity index (χ4n) is 4.15. The number of fused-ring (bicyclic) bond motifs is 3. The summed E-state index contributed by atoms with van der Waals surface area (Å²) in [6, 6.07) is 17.7. The van der Waals surface area contributed by atoms with Gasteiger partial charge in [0.2, 0.25) is 0 Å². The molecule has 4 rings (SSSR count). The average molecular weight is 478 g/mol. The van der Waals surface area contributed by atoms with E-state index >= 15 is 0 Å². The Morgan fingerprint density at radius 2 is 1.60 bits per heavy atom. The number of hydrogen-bond acceptors (Lipinski definition) is 5. The SMILES string of the molecule is O=C(Nc1ccc(F)c(C(=O)N[C@H](CCO)C(=O)O)c1)OCC1c2ccccc2-c2ccccc21. The molecule has 0 spiro atoms. The maximum absolute atomic E-state index is 14.2. The number of halogens is 1. The van der Waals surface area contributed by atoms with Crippen molar-refractivity contribution in [1.82, 2.24) is 5.32 Å². The minimum atomic E-state index is -1.38. The van der Waals surface area contributed by atoms with Gasteiger partial charge in [0.05, 0.1) is 5.56 Å². The molecule has 35 heavy (non-hydrogen) atoms. The molecule has 9 heteroatoms. The molecule has 0 saturated carbocycles. The lowest BCUT2D eigenvalue weighted by Crippen LogP contribution is -2.41. The largest absolute Gasteiger partial charge is 0.480 e. The zero-order valence-corrected chi connectivity index (χ0v) is 18.5. The molecule has 0 bridgehead atoms. The minimum Gasteiger partial charge on any atom is -0.480 e.